The van der Waals surface area contributed by atoms with Crippen LogP contribution in [0.2, 0.25) is 0 Å². The number of aliphatic hydroxyl groups is 1. The van der Waals surface area contributed by atoms with Crippen LogP contribution in [0.1, 0.15) is 39.5 Å². The van der Waals surface area contributed by atoms with Crippen molar-refractivity contribution in [3.63, 3.8) is 0 Å². The van der Waals surface area contributed by atoms with Crippen molar-refractivity contribution in [2.75, 3.05) is 26.2 Å². The molecule has 1 fully saturated rings. The Kier molecular flexibility index (Phi) is 6.22. The van der Waals surface area contributed by atoms with Gasteiger partial charge < -0.3 is 15.3 Å². The molecule has 3 heteroatoms. The second kappa shape index (κ2) is 7.20. The molecule has 1 aliphatic heterocycles. The van der Waals surface area contributed by atoms with Crippen LogP contribution < -0.4 is 5.32 Å². The summed E-state index contributed by atoms with van der Waals surface area (Å²) in [4.78, 5) is 2.54. The number of rotatable bonds is 6. The van der Waals surface area contributed by atoms with E-state index in [2.05, 4.69) is 24.1 Å². The summed E-state index contributed by atoms with van der Waals surface area (Å²) in [7, 11) is 0. The summed E-state index contributed by atoms with van der Waals surface area (Å²) in [6.07, 6.45) is 4.74. The molecule has 90 valence electrons. The Balaban J connectivity index is 2.19. The molecule has 0 amide bonds. The molecule has 3 nitrogen and oxygen atoms in total. The smallest absolute Gasteiger partial charge is 0.0584 e. The van der Waals surface area contributed by atoms with Gasteiger partial charge in [-0.1, -0.05) is 13.8 Å². The summed E-state index contributed by atoms with van der Waals surface area (Å²) in [5.74, 6) is 0. The maximum absolute atomic E-state index is 9.12. The third-order valence-corrected chi connectivity index (χ3v) is 3.31. The van der Waals surface area contributed by atoms with Crippen LogP contribution in [-0.2, 0) is 0 Å². The SMILES string of the molecule is CCCN1CCC(N[C@@H](CC)CO)CC1. The van der Waals surface area contributed by atoms with E-state index < -0.39 is 0 Å². The molecule has 1 aliphatic rings. The molecular formula is C12H26N2O. The van der Waals surface area contributed by atoms with Crippen LogP contribution in [0.25, 0.3) is 0 Å². The highest BCUT2D eigenvalue weighted by Crippen LogP contribution is 2.11. The van der Waals surface area contributed by atoms with Gasteiger partial charge in [0.05, 0.1) is 6.61 Å². The summed E-state index contributed by atoms with van der Waals surface area (Å²) in [5.41, 5.74) is 0. The molecule has 0 bridgehead atoms. The van der Waals surface area contributed by atoms with Gasteiger partial charge in [0.15, 0.2) is 0 Å². The van der Waals surface area contributed by atoms with E-state index in [1.54, 1.807) is 0 Å². The lowest BCUT2D eigenvalue weighted by molar-refractivity contribution is 0.170. The van der Waals surface area contributed by atoms with Gasteiger partial charge >= 0.3 is 0 Å². The number of hydrogen-bond acceptors (Lipinski definition) is 3. The number of aliphatic hydroxyl groups excluding tert-OH is 1. The monoisotopic (exact) mass is 214 g/mol. The summed E-state index contributed by atoms with van der Waals surface area (Å²) in [6.45, 7) is 8.31. The van der Waals surface area contributed by atoms with Gasteiger partial charge in [-0.05, 0) is 45.3 Å². The first-order chi connectivity index (χ1) is 7.30. The number of nitrogens with one attached hydrogen (secondary N) is 1. The van der Waals surface area contributed by atoms with Crippen molar-refractivity contribution in [2.45, 2.75) is 51.6 Å². The topological polar surface area (TPSA) is 35.5 Å². The quantitative estimate of drug-likeness (QED) is 0.698. The van der Waals surface area contributed by atoms with Crippen LogP contribution in [0.5, 0.6) is 0 Å². The molecule has 1 heterocycles. The molecule has 1 rings (SSSR count). The van der Waals surface area contributed by atoms with Crippen molar-refractivity contribution < 1.29 is 5.11 Å². The van der Waals surface area contributed by atoms with Crippen LogP contribution in [0.4, 0.5) is 0 Å². The lowest BCUT2D eigenvalue weighted by Gasteiger charge is -2.33. The largest absolute Gasteiger partial charge is 0.395 e. The Hall–Kier alpha value is -0.120. The van der Waals surface area contributed by atoms with Gasteiger partial charge in [0, 0.05) is 12.1 Å². The van der Waals surface area contributed by atoms with Crippen LogP contribution in [0.3, 0.4) is 0 Å². The van der Waals surface area contributed by atoms with E-state index >= 15 is 0 Å². The number of likely N-dealkylation sites (tertiary alicyclic amines) is 1. The minimum Gasteiger partial charge on any atom is -0.395 e. The molecule has 0 unspecified atom stereocenters. The van der Waals surface area contributed by atoms with Crippen molar-refractivity contribution >= 4 is 0 Å². The normalized spacial score (nSPS) is 21.8. The Morgan fingerprint density at radius 3 is 2.47 bits per heavy atom. The highest BCUT2D eigenvalue weighted by atomic mass is 16.3. The van der Waals surface area contributed by atoms with Crippen molar-refractivity contribution in [1.29, 1.82) is 0 Å². The lowest BCUT2D eigenvalue weighted by atomic mass is 10.0. The molecule has 0 aliphatic carbocycles. The fraction of sp³-hybridized carbons (Fsp3) is 1.00. The second-order valence-electron chi connectivity index (χ2n) is 4.57. The van der Waals surface area contributed by atoms with Crippen molar-refractivity contribution in [2.24, 2.45) is 0 Å². The summed E-state index contributed by atoms with van der Waals surface area (Å²) < 4.78 is 0. The predicted octanol–water partition coefficient (Wildman–Crippen LogP) is 1.22. The molecule has 2 N–H and O–H groups in total. The van der Waals surface area contributed by atoms with Gasteiger partial charge in [0.2, 0.25) is 0 Å². The molecule has 0 aromatic rings. The van der Waals surface area contributed by atoms with E-state index in [1.807, 2.05) is 0 Å². The lowest BCUT2D eigenvalue weighted by Crippen LogP contribution is -2.47. The van der Waals surface area contributed by atoms with Gasteiger partial charge in [-0.2, -0.15) is 0 Å². The summed E-state index contributed by atoms with van der Waals surface area (Å²) in [5, 5.41) is 12.7. The van der Waals surface area contributed by atoms with Gasteiger partial charge in [-0.3, -0.25) is 0 Å². The molecular weight excluding hydrogens is 188 g/mol. The summed E-state index contributed by atoms with van der Waals surface area (Å²) >= 11 is 0. The molecule has 0 spiro atoms. The Bertz CT molecular complexity index is 152. The summed E-state index contributed by atoms with van der Waals surface area (Å²) in [6, 6.07) is 0.919. The van der Waals surface area contributed by atoms with E-state index in [4.69, 9.17) is 5.11 Å². The number of nitrogens with zero attached hydrogens (tertiary/aromatic N) is 1. The first-order valence-electron chi connectivity index (χ1n) is 6.39. The van der Waals surface area contributed by atoms with Crippen molar-refractivity contribution in [3.05, 3.63) is 0 Å². The molecule has 0 radical (unpaired) electrons. The number of piperidine rings is 1. The minimum atomic E-state index is 0.270. The Morgan fingerprint density at radius 2 is 2.00 bits per heavy atom. The first-order valence-corrected chi connectivity index (χ1v) is 6.39. The standard InChI is InChI=1S/C12H26N2O/c1-3-7-14-8-5-12(6-9-14)13-11(4-2)10-15/h11-13,15H,3-10H2,1-2H3/t11-/m0/s1. The zero-order valence-corrected chi connectivity index (χ0v) is 10.2. The zero-order valence-electron chi connectivity index (χ0n) is 10.2. The fourth-order valence-corrected chi connectivity index (χ4v) is 2.27. The molecule has 15 heavy (non-hydrogen) atoms. The van der Waals surface area contributed by atoms with E-state index in [-0.39, 0.29) is 6.61 Å². The third kappa shape index (κ3) is 4.49. The van der Waals surface area contributed by atoms with Gasteiger partial charge in [-0.25, -0.2) is 0 Å². The van der Waals surface area contributed by atoms with Crippen LogP contribution in [0.15, 0.2) is 0 Å². The van der Waals surface area contributed by atoms with Crippen molar-refractivity contribution in [1.82, 2.24) is 10.2 Å². The highest BCUT2D eigenvalue weighted by Gasteiger charge is 2.20. The molecule has 0 aromatic heterocycles. The van der Waals surface area contributed by atoms with E-state index in [0.29, 0.717) is 12.1 Å². The molecule has 0 aromatic carbocycles. The molecule has 0 saturated carbocycles. The van der Waals surface area contributed by atoms with Gasteiger partial charge in [-0.15, -0.1) is 0 Å². The maximum atomic E-state index is 9.12. The van der Waals surface area contributed by atoms with E-state index in [9.17, 15) is 0 Å². The van der Waals surface area contributed by atoms with Gasteiger partial charge in [0.25, 0.3) is 0 Å². The minimum absolute atomic E-state index is 0.270. The Labute approximate surface area is 93.9 Å². The van der Waals surface area contributed by atoms with Crippen LogP contribution >= 0.6 is 0 Å². The van der Waals surface area contributed by atoms with Gasteiger partial charge in [0.1, 0.15) is 0 Å². The third-order valence-electron chi connectivity index (χ3n) is 3.31. The molecule has 1 atom stereocenters. The van der Waals surface area contributed by atoms with Crippen LogP contribution in [-0.4, -0.2) is 48.3 Å². The Morgan fingerprint density at radius 1 is 1.33 bits per heavy atom. The average Bonchev–Trinajstić information content (AvgIpc) is 2.28. The van der Waals surface area contributed by atoms with E-state index in [1.165, 1.54) is 38.9 Å². The maximum Gasteiger partial charge on any atom is 0.0584 e. The number of hydrogen-bond donors (Lipinski definition) is 2. The highest BCUT2D eigenvalue weighted by molar-refractivity contribution is 4.79. The fourth-order valence-electron chi connectivity index (χ4n) is 2.27. The second-order valence-corrected chi connectivity index (χ2v) is 4.57. The first kappa shape index (κ1) is 12.9. The van der Waals surface area contributed by atoms with Crippen molar-refractivity contribution in [3.8, 4) is 0 Å². The van der Waals surface area contributed by atoms with Crippen LogP contribution in [0, 0.1) is 0 Å². The zero-order chi connectivity index (χ0) is 11.1. The molecule has 1 saturated heterocycles. The predicted molar refractivity (Wildman–Crippen MR) is 64.1 cm³/mol. The van der Waals surface area contributed by atoms with E-state index in [0.717, 1.165) is 6.42 Å². The average molecular weight is 214 g/mol.